The van der Waals surface area contributed by atoms with Crippen LogP contribution in [0.25, 0.3) is 11.4 Å². The third-order valence-corrected chi connectivity index (χ3v) is 2.23. The Morgan fingerprint density at radius 2 is 2.36 bits per heavy atom. The number of nitrogens with one attached hydrogen (secondary N) is 1. The first kappa shape index (κ1) is 9.01. The zero-order valence-corrected chi connectivity index (χ0v) is 8.45. The molecule has 14 heavy (non-hydrogen) atoms. The van der Waals surface area contributed by atoms with Crippen LogP contribution in [0.5, 0.6) is 0 Å². The zero-order valence-electron chi connectivity index (χ0n) is 7.64. The molecule has 72 valence electrons. The second kappa shape index (κ2) is 3.67. The molecule has 0 aromatic carbocycles. The van der Waals surface area contributed by atoms with Crippen molar-refractivity contribution in [3.05, 3.63) is 23.2 Å². The summed E-state index contributed by atoms with van der Waals surface area (Å²) in [7, 11) is 0. The Hall–Kier alpha value is -1.56. The van der Waals surface area contributed by atoms with E-state index in [0.29, 0.717) is 4.77 Å². The van der Waals surface area contributed by atoms with Gasteiger partial charge in [0.05, 0.1) is 12.4 Å². The molecule has 2 heterocycles. The topological polar surface area (TPSA) is 59.4 Å². The van der Waals surface area contributed by atoms with E-state index < -0.39 is 0 Å². The Morgan fingerprint density at radius 1 is 1.50 bits per heavy atom. The minimum absolute atomic E-state index is 0.624. The van der Waals surface area contributed by atoms with Crippen molar-refractivity contribution < 1.29 is 0 Å². The van der Waals surface area contributed by atoms with Crippen molar-refractivity contribution in [2.24, 2.45) is 0 Å². The fourth-order valence-electron chi connectivity index (χ4n) is 1.25. The summed E-state index contributed by atoms with van der Waals surface area (Å²) in [5.41, 5.74) is 0.911. The third-order valence-electron chi connectivity index (χ3n) is 1.92. The zero-order chi connectivity index (χ0) is 9.97. The summed E-state index contributed by atoms with van der Waals surface area (Å²) in [6.07, 6.45) is 3.30. The number of rotatable bonds is 2. The standard InChI is InChI=1S/C8H9N5S/c1-2-13-7(11-12-8(13)14)6-3-4-9-10-5-6/h3-5H,2H2,1H3,(H,12,14). The number of hydrogen-bond acceptors (Lipinski definition) is 4. The second-order valence-electron chi connectivity index (χ2n) is 2.73. The first-order valence-corrected chi connectivity index (χ1v) is 4.66. The SMILES string of the molecule is CCn1c(-c2ccnnc2)n[nH]c1=S. The van der Waals surface area contributed by atoms with Gasteiger partial charge in [-0.15, -0.1) is 0 Å². The molecule has 0 aliphatic rings. The van der Waals surface area contributed by atoms with Gasteiger partial charge in [-0.3, -0.25) is 5.10 Å². The minimum Gasteiger partial charge on any atom is -0.300 e. The van der Waals surface area contributed by atoms with Gasteiger partial charge in [-0.1, -0.05) is 0 Å². The average Bonchev–Trinajstić information content (AvgIpc) is 2.61. The average molecular weight is 207 g/mol. The summed E-state index contributed by atoms with van der Waals surface area (Å²) in [4.78, 5) is 0. The molecule has 0 fully saturated rings. The van der Waals surface area contributed by atoms with E-state index in [1.807, 2.05) is 17.6 Å². The van der Waals surface area contributed by atoms with Crippen LogP contribution >= 0.6 is 12.2 Å². The first-order valence-electron chi connectivity index (χ1n) is 4.25. The number of H-pyrrole nitrogens is 1. The van der Waals surface area contributed by atoms with Gasteiger partial charge in [-0.25, -0.2) is 0 Å². The summed E-state index contributed by atoms with van der Waals surface area (Å²) in [5, 5.41) is 14.4. The molecule has 0 radical (unpaired) electrons. The van der Waals surface area contributed by atoms with E-state index in [-0.39, 0.29) is 0 Å². The van der Waals surface area contributed by atoms with E-state index in [4.69, 9.17) is 12.2 Å². The van der Waals surface area contributed by atoms with Gasteiger partial charge in [0.1, 0.15) is 0 Å². The summed E-state index contributed by atoms with van der Waals surface area (Å²) in [6.45, 7) is 2.80. The molecule has 0 bridgehead atoms. The van der Waals surface area contributed by atoms with Gasteiger partial charge in [0.15, 0.2) is 10.6 Å². The maximum absolute atomic E-state index is 5.08. The molecule has 2 rings (SSSR count). The van der Waals surface area contributed by atoms with Crippen LogP contribution in [-0.2, 0) is 6.54 Å². The second-order valence-corrected chi connectivity index (χ2v) is 3.11. The summed E-state index contributed by atoms with van der Waals surface area (Å²) in [5.74, 6) is 0.799. The van der Waals surface area contributed by atoms with Crippen LogP contribution in [-0.4, -0.2) is 25.0 Å². The van der Waals surface area contributed by atoms with Crippen LogP contribution in [0.1, 0.15) is 6.92 Å². The van der Waals surface area contributed by atoms with Crippen LogP contribution in [0.2, 0.25) is 0 Å². The summed E-state index contributed by atoms with van der Waals surface area (Å²) < 4.78 is 2.53. The number of aromatic nitrogens is 5. The van der Waals surface area contributed by atoms with E-state index in [2.05, 4.69) is 20.4 Å². The van der Waals surface area contributed by atoms with Crippen molar-refractivity contribution in [3.63, 3.8) is 0 Å². The van der Waals surface area contributed by atoms with Crippen LogP contribution < -0.4 is 0 Å². The molecule has 5 nitrogen and oxygen atoms in total. The summed E-state index contributed by atoms with van der Waals surface area (Å²) >= 11 is 5.08. The Bertz CT molecular complexity index is 472. The highest BCUT2D eigenvalue weighted by Crippen LogP contribution is 2.14. The highest BCUT2D eigenvalue weighted by Gasteiger charge is 2.06. The minimum atomic E-state index is 0.624. The van der Waals surface area contributed by atoms with Crippen molar-refractivity contribution in [1.82, 2.24) is 25.0 Å². The van der Waals surface area contributed by atoms with Gasteiger partial charge in [0.25, 0.3) is 0 Å². The fraction of sp³-hybridized carbons (Fsp3) is 0.250. The Labute approximate surface area is 85.8 Å². The third kappa shape index (κ3) is 1.44. The molecule has 0 aliphatic carbocycles. The lowest BCUT2D eigenvalue weighted by Crippen LogP contribution is -1.97. The van der Waals surface area contributed by atoms with Gasteiger partial charge < -0.3 is 4.57 Å². The van der Waals surface area contributed by atoms with Gasteiger partial charge in [-0.05, 0) is 25.2 Å². The van der Waals surface area contributed by atoms with E-state index in [0.717, 1.165) is 17.9 Å². The van der Waals surface area contributed by atoms with Crippen molar-refractivity contribution in [3.8, 4) is 11.4 Å². The first-order chi connectivity index (χ1) is 6.83. The number of aromatic amines is 1. The van der Waals surface area contributed by atoms with Gasteiger partial charge in [0.2, 0.25) is 0 Å². The van der Waals surface area contributed by atoms with Crippen molar-refractivity contribution in [2.45, 2.75) is 13.5 Å². The molecule has 0 amide bonds. The predicted molar refractivity (Wildman–Crippen MR) is 54.1 cm³/mol. The lowest BCUT2D eigenvalue weighted by molar-refractivity contribution is 0.755. The van der Waals surface area contributed by atoms with Gasteiger partial charge >= 0.3 is 0 Å². The molecule has 0 spiro atoms. The molecular weight excluding hydrogens is 198 g/mol. The number of nitrogens with zero attached hydrogens (tertiary/aromatic N) is 4. The van der Waals surface area contributed by atoms with Gasteiger partial charge in [-0.2, -0.15) is 15.3 Å². The maximum atomic E-state index is 5.08. The molecule has 2 aromatic rings. The lowest BCUT2D eigenvalue weighted by atomic mass is 10.3. The van der Waals surface area contributed by atoms with Crippen molar-refractivity contribution in [1.29, 1.82) is 0 Å². The van der Waals surface area contributed by atoms with Crippen LogP contribution in [0.4, 0.5) is 0 Å². The molecule has 0 aliphatic heterocycles. The van der Waals surface area contributed by atoms with Gasteiger partial charge in [0, 0.05) is 12.1 Å². The van der Waals surface area contributed by atoms with Crippen molar-refractivity contribution in [2.75, 3.05) is 0 Å². The smallest absolute Gasteiger partial charge is 0.195 e. The summed E-state index contributed by atoms with van der Waals surface area (Å²) in [6, 6.07) is 1.85. The molecule has 6 heteroatoms. The maximum Gasteiger partial charge on any atom is 0.195 e. The largest absolute Gasteiger partial charge is 0.300 e. The molecule has 0 atom stereocenters. The Balaban J connectivity index is 2.57. The molecule has 2 aromatic heterocycles. The monoisotopic (exact) mass is 207 g/mol. The van der Waals surface area contributed by atoms with Crippen molar-refractivity contribution >= 4 is 12.2 Å². The van der Waals surface area contributed by atoms with E-state index in [9.17, 15) is 0 Å². The quantitative estimate of drug-likeness (QED) is 0.756. The van der Waals surface area contributed by atoms with E-state index >= 15 is 0 Å². The molecule has 0 saturated heterocycles. The van der Waals surface area contributed by atoms with Crippen LogP contribution in [0.15, 0.2) is 18.5 Å². The molecule has 0 saturated carbocycles. The Kier molecular flexibility index (Phi) is 2.36. The normalized spacial score (nSPS) is 10.4. The van der Waals surface area contributed by atoms with Crippen LogP contribution in [0.3, 0.4) is 0 Å². The van der Waals surface area contributed by atoms with Crippen LogP contribution in [0, 0.1) is 4.77 Å². The molecule has 1 N–H and O–H groups in total. The number of hydrogen-bond donors (Lipinski definition) is 1. The highest BCUT2D eigenvalue weighted by molar-refractivity contribution is 7.71. The predicted octanol–water partition coefficient (Wildman–Crippen LogP) is 1.42. The highest BCUT2D eigenvalue weighted by atomic mass is 32.1. The molecular formula is C8H9N5S. The Morgan fingerprint density at radius 3 is 3.00 bits per heavy atom. The molecule has 0 unspecified atom stereocenters. The fourth-order valence-corrected chi connectivity index (χ4v) is 1.52. The lowest BCUT2D eigenvalue weighted by Gasteiger charge is -2.01. The van der Waals surface area contributed by atoms with E-state index in [1.54, 1.807) is 12.4 Å². The van der Waals surface area contributed by atoms with E-state index in [1.165, 1.54) is 0 Å².